The summed E-state index contributed by atoms with van der Waals surface area (Å²) in [5, 5.41) is 9.91. The van der Waals surface area contributed by atoms with Crippen molar-refractivity contribution in [3.63, 3.8) is 0 Å². The molecule has 22 heavy (non-hydrogen) atoms. The Balaban J connectivity index is 1.78. The van der Waals surface area contributed by atoms with Crippen molar-refractivity contribution < 1.29 is 28.7 Å². The zero-order chi connectivity index (χ0) is 15.9. The van der Waals surface area contributed by atoms with Crippen molar-refractivity contribution in [2.24, 2.45) is 0 Å². The summed E-state index contributed by atoms with van der Waals surface area (Å²) >= 11 is 0. The Morgan fingerprint density at radius 3 is 3.05 bits per heavy atom. The molecule has 3 rings (SSSR count). The lowest BCUT2D eigenvalue weighted by Gasteiger charge is -2.20. The van der Waals surface area contributed by atoms with Crippen LogP contribution in [0.2, 0.25) is 0 Å². The molecule has 4 atom stereocenters. The Labute approximate surface area is 124 Å². The third kappa shape index (κ3) is 2.95. The number of ether oxygens (including phenoxy) is 1. The number of anilines is 1. The summed E-state index contributed by atoms with van der Waals surface area (Å²) in [6.07, 6.45) is 0.414. The minimum absolute atomic E-state index is 0.179. The molecule has 2 aromatic rings. The quantitative estimate of drug-likeness (QED) is 0.563. The number of imidazole rings is 1. The van der Waals surface area contributed by atoms with Gasteiger partial charge < -0.3 is 29.9 Å². The van der Waals surface area contributed by atoms with Gasteiger partial charge in [-0.15, -0.1) is 0 Å². The first-order chi connectivity index (χ1) is 10.3. The maximum absolute atomic E-state index is 10.6. The van der Waals surface area contributed by atoms with E-state index in [4.69, 9.17) is 15.4 Å². The Bertz CT molecular complexity index is 732. The van der Waals surface area contributed by atoms with E-state index < -0.39 is 32.9 Å². The van der Waals surface area contributed by atoms with Crippen LogP contribution in [0.1, 0.15) is 12.6 Å². The number of aliphatic hydroxyl groups excluding tert-OH is 1. The van der Waals surface area contributed by atoms with E-state index in [2.05, 4.69) is 19.5 Å². The van der Waals surface area contributed by atoms with Crippen LogP contribution in [0.3, 0.4) is 0 Å². The van der Waals surface area contributed by atoms with E-state index in [0.717, 1.165) is 0 Å². The Morgan fingerprint density at radius 1 is 1.55 bits per heavy atom. The molecule has 0 spiro atoms. The molecule has 2 unspecified atom stereocenters. The SMILES string of the molecule is Nc1ncnc2c1ncn2[C@H]1CC(O)[C@@H](COP(=O)([O-])O)O1. The summed E-state index contributed by atoms with van der Waals surface area (Å²) in [6.45, 7) is -0.487. The van der Waals surface area contributed by atoms with Crippen molar-refractivity contribution in [1.82, 2.24) is 19.5 Å². The summed E-state index contributed by atoms with van der Waals surface area (Å²) in [7, 11) is -4.87. The zero-order valence-corrected chi connectivity index (χ0v) is 12.0. The van der Waals surface area contributed by atoms with E-state index >= 15 is 0 Å². The molecule has 0 bridgehead atoms. The number of nitrogen functional groups attached to an aromatic ring is 1. The fourth-order valence-corrected chi connectivity index (χ4v) is 2.62. The molecule has 1 aliphatic rings. The van der Waals surface area contributed by atoms with Gasteiger partial charge in [0.1, 0.15) is 24.2 Å². The number of aromatic nitrogens is 4. The maximum Gasteiger partial charge on any atom is 0.265 e. The normalized spacial score (nSPS) is 28.0. The molecule has 1 aliphatic heterocycles. The predicted octanol–water partition coefficient (Wildman–Crippen LogP) is -1.47. The highest BCUT2D eigenvalue weighted by atomic mass is 31.2. The minimum Gasteiger partial charge on any atom is -0.756 e. The highest BCUT2D eigenvalue weighted by Gasteiger charge is 2.36. The Hall–Kier alpha value is -1.62. The summed E-state index contributed by atoms with van der Waals surface area (Å²) in [6, 6.07) is 0. The van der Waals surface area contributed by atoms with Gasteiger partial charge in [-0.25, -0.2) is 15.0 Å². The molecule has 0 amide bonds. The number of fused-ring (bicyclic) bond motifs is 1. The number of nitrogens with two attached hydrogens (primary N) is 1. The number of hydrogen-bond donors (Lipinski definition) is 3. The Morgan fingerprint density at radius 2 is 2.32 bits per heavy atom. The molecule has 1 saturated heterocycles. The smallest absolute Gasteiger partial charge is 0.265 e. The molecule has 12 heteroatoms. The van der Waals surface area contributed by atoms with Crippen molar-refractivity contribution in [3.05, 3.63) is 12.7 Å². The molecule has 0 aromatic carbocycles. The lowest BCUT2D eigenvalue weighted by Crippen LogP contribution is -2.26. The van der Waals surface area contributed by atoms with Crippen molar-refractivity contribution in [3.8, 4) is 0 Å². The number of phosphoric acid groups is 1. The lowest BCUT2D eigenvalue weighted by molar-refractivity contribution is -0.222. The van der Waals surface area contributed by atoms with Crippen molar-refractivity contribution in [1.29, 1.82) is 0 Å². The molecule has 4 N–H and O–H groups in total. The van der Waals surface area contributed by atoms with Gasteiger partial charge in [-0.05, 0) is 0 Å². The first-order valence-electron chi connectivity index (χ1n) is 6.30. The van der Waals surface area contributed by atoms with Crippen LogP contribution in [-0.2, 0) is 13.8 Å². The molecule has 0 aliphatic carbocycles. The number of nitrogens with zero attached hydrogens (tertiary/aromatic N) is 4. The largest absolute Gasteiger partial charge is 0.756 e. The van der Waals surface area contributed by atoms with Gasteiger partial charge >= 0.3 is 0 Å². The zero-order valence-electron chi connectivity index (χ0n) is 11.1. The van der Waals surface area contributed by atoms with Gasteiger partial charge in [-0.2, -0.15) is 0 Å². The van der Waals surface area contributed by atoms with Crippen molar-refractivity contribution in [2.75, 3.05) is 12.3 Å². The number of rotatable bonds is 4. The van der Waals surface area contributed by atoms with Gasteiger partial charge in [0.25, 0.3) is 7.82 Å². The van der Waals surface area contributed by atoms with Crippen LogP contribution < -0.4 is 10.6 Å². The van der Waals surface area contributed by atoms with Crippen LogP contribution in [0.15, 0.2) is 12.7 Å². The number of aliphatic hydroxyl groups is 1. The van der Waals surface area contributed by atoms with Gasteiger partial charge in [0.05, 0.1) is 19.0 Å². The first-order valence-corrected chi connectivity index (χ1v) is 7.79. The second kappa shape index (κ2) is 5.54. The van der Waals surface area contributed by atoms with Gasteiger partial charge in [0, 0.05) is 6.42 Å². The summed E-state index contributed by atoms with van der Waals surface area (Å²) in [4.78, 5) is 31.1. The Kier molecular flexibility index (Phi) is 3.85. The fraction of sp³-hybridized carbons (Fsp3) is 0.500. The van der Waals surface area contributed by atoms with Crippen LogP contribution in [-0.4, -0.2) is 48.3 Å². The third-order valence-electron chi connectivity index (χ3n) is 3.30. The molecule has 11 nitrogen and oxygen atoms in total. The van der Waals surface area contributed by atoms with Gasteiger partial charge in [0.2, 0.25) is 0 Å². The topological polar surface area (TPSA) is 169 Å². The molecule has 2 aromatic heterocycles. The van der Waals surface area contributed by atoms with Crippen LogP contribution in [0.4, 0.5) is 5.82 Å². The van der Waals surface area contributed by atoms with E-state index in [0.29, 0.717) is 11.2 Å². The maximum atomic E-state index is 10.6. The molecule has 0 saturated carbocycles. The van der Waals surface area contributed by atoms with Gasteiger partial charge in [-0.1, -0.05) is 0 Å². The second-order valence-corrected chi connectivity index (χ2v) is 5.97. The van der Waals surface area contributed by atoms with Crippen LogP contribution in [0.5, 0.6) is 0 Å². The van der Waals surface area contributed by atoms with Crippen molar-refractivity contribution in [2.45, 2.75) is 24.9 Å². The van der Waals surface area contributed by atoms with Gasteiger partial charge in [-0.3, -0.25) is 9.13 Å². The molecule has 120 valence electrons. The fourth-order valence-electron chi connectivity index (χ4n) is 2.28. The summed E-state index contributed by atoms with van der Waals surface area (Å²) in [5.41, 5.74) is 6.52. The number of phosphoric ester groups is 1. The first kappa shape index (κ1) is 15.3. The highest BCUT2D eigenvalue weighted by Crippen LogP contribution is 2.35. The van der Waals surface area contributed by atoms with E-state index in [1.807, 2.05) is 0 Å². The lowest BCUT2D eigenvalue weighted by atomic mass is 10.2. The number of hydrogen-bond acceptors (Lipinski definition) is 9. The van der Waals surface area contributed by atoms with Crippen LogP contribution >= 0.6 is 7.82 Å². The summed E-state index contributed by atoms with van der Waals surface area (Å²) in [5.74, 6) is 0.217. The molecular weight excluding hydrogens is 317 g/mol. The standard InChI is InChI=1S/C10H14N5O6P/c11-9-8-10(13-3-12-9)15(4-14-8)7-1-5(16)6(21-7)2-20-22(17,18)19/h3-7,16H,1-2H2,(H2,11,12,13)(H2,17,18,19)/p-1/t5?,6-,7-/m1/s1. The van der Waals surface area contributed by atoms with E-state index in [-0.39, 0.29) is 12.2 Å². The van der Waals surface area contributed by atoms with Crippen LogP contribution in [0.25, 0.3) is 11.2 Å². The van der Waals surface area contributed by atoms with E-state index in [1.165, 1.54) is 12.7 Å². The van der Waals surface area contributed by atoms with Crippen LogP contribution in [0, 0.1) is 0 Å². The molecule has 0 radical (unpaired) electrons. The van der Waals surface area contributed by atoms with Crippen molar-refractivity contribution >= 4 is 24.8 Å². The minimum atomic E-state index is -4.87. The molecule has 3 heterocycles. The highest BCUT2D eigenvalue weighted by molar-refractivity contribution is 7.44. The second-order valence-electron chi connectivity index (χ2n) is 4.78. The molecular formula is C10H13N5O6P-. The monoisotopic (exact) mass is 330 g/mol. The van der Waals surface area contributed by atoms with Gasteiger partial charge in [0.15, 0.2) is 11.5 Å². The van der Waals surface area contributed by atoms with E-state index in [1.54, 1.807) is 4.57 Å². The predicted molar refractivity (Wildman–Crippen MR) is 70.0 cm³/mol. The average molecular weight is 330 g/mol. The van der Waals surface area contributed by atoms with E-state index in [9.17, 15) is 14.6 Å². The average Bonchev–Trinajstić information content (AvgIpc) is 3.00. The molecule has 1 fully saturated rings. The summed E-state index contributed by atoms with van der Waals surface area (Å²) < 4.78 is 21.9. The third-order valence-corrected chi connectivity index (χ3v) is 3.78.